The topological polar surface area (TPSA) is 90.5 Å². The zero-order valence-corrected chi connectivity index (χ0v) is 13.5. The monoisotopic (exact) mass is 368 g/mol. The number of aromatic amines is 1. The van der Waals surface area contributed by atoms with E-state index in [9.17, 15) is 19.5 Å². The van der Waals surface area contributed by atoms with Crippen molar-refractivity contribution in [1.82, 2.24) is 9.88 Å². The summed E-state index contributed by atoms with van der Waals surface area (Å²) < 4.78 is 0.268. The Morgan fingerprint density at radius 1 is 1.32 bits per heavy atom. The van der Waals surface area contributed by atoms with Crippen LogP contribution in [0.25, 0.3) is 0 Å². The van der Waals surface area contributed by atoms with Crippen molar-refractivity contribution in [2.75, 3.05) is 0 Å². The maximum absolute atomic E-state index is 12.8. The number of halogens is 1. The highest BCUT2D eigenvalue weighted by Gasteiger charge is 2.47. The number of H-pyrrole nitrogens is 1. The number of amides is 1. The lowest BCUT2D eigenvalue weighted by atomic mass is 9.84. The van der Waals surface area contributed by atoms with Crippen molar-refractivity contribution in [3.8, 4) is 0 Å². The van der Waals surface area contributed by atoms with Gasteiger partial charge in [-0.3, -0.25) is 9.59 Å². The minimum atomic E-state index is -0.953. The maximum atomic E-state index is 12.8. The fourth-order valence-corrected chi connectivity index (χ4v) is 4.06. The van der Waals surface area contributed by atoms with E-state index in [-0.39, 0.29) is 27.9 Å². The molecule has 0 radical (unpaired) electrons. The largest absolute Gasteiger partial charge is 0.480 e. The van der Waals surface area contributed by atoms with E-state index in [1.165, 1.54) is 17.2 Å². The van der Waals surface area contributed by atoms with Gasteiger partial charge in [0.2, 0.25) is 0 Å². The van der Waals surface area contributed by atoms with Gasteiger partial charge < -0.3 is 15.0 Å². The second-order valence-electron chi connectivity index (χ2n) is 5.98. The summed E-state index contributed by atoms with van der Waals surface area (Å²) in [7, 11) is 0. The SMILES string of the molecule is O=C(O)[C@@H]1C[C@@H]2CCCC[C@@H]2N1C(=O)c1c[nH]c(=O)c(Br)c1. The summed E-state index contributed by atoms with van der Waals surface area (Å²) in [5.74, 6) is -1.00. The molecule has 0 aromatic carbocycles. The number of aliphatic carboxylic acids is 1. The van der Waals surface area contributed by atoms with Crippen molar-refractivity contribution in [3.05, 3.63) is 32.7 Å². The fraction of sp³-hybridized carbons (Fsp3) is 0.533. The van der Waals surface area contributed by atoms with Crippen molar-refractivity contribution < 1.29 is 14.7 Å². The van der Waals surface area contributed by atoms with Gasteiger partial charge in [0.15, 0.2) is 0 Å². The number of rotatable bonds is 2. The molecule has 1 saturated carbocycles. The highest BCUT2D eigenvalue weighted by molar-refractivity contribution is 9.10. The molecule has 2 N–H and O–H groups in total. The van der Waals surface area contributed by atoms with Gasteiger partial charge in [-0.1, -0.05) is 12.8 Å². The molecule has 1 amide bonds. The normalized spacial score (nSPS) is 27.5. The second kappa shape index (κ2) is 5.87. The molecule has 22 heavy (non-hydrogen) atoms. The predicted molar refractivity (Wildman–Crippen MR) is 82.7 cm³/mol. The number of hydrogen-bond donors (Lipinski definition) is 2. The van der Waals surface area contributed by atoms with Crippen LogP contribution >= 0.6 is 15.9 Å². The van der Waals surface area contributed by atoms with Crippen molar-refractivity contribution in [2.24, 2.45) is 5.92 Å². The Morgan fingerprint density at radius 3 is 2.73 bits per heavy atom. The number of pyridine rings is 1. The zero-order valence-electron chi connectivity index (χ0n) is 11.9. The summed E-state index contributed by atoms with van der Waals surface area (Å²) >= 11 is 3.11. The van der Waals surface area contributed by atoms with Crippen LogP contribution in [-0.2, 0) is 4.79 Å². The molecular formula is C15H17BrN2O4. The first kappa shape index (κ1) is 15.3. The molecule has 1 aromatic rings. The van der Waals surface area contributed by atoms with Gasteiger partial charge in [0, 0.05) is 12.2 Å². The van der Waals surface area contributed by atoms with Gasteiger partial charge in [-0.25, -0.2) is 4.79 Å². The quantitative estimate of drug-likeness (QED) is 0.834. The molecule has 1 aliphatic carbocycles. The van der Waals surface area contributed by atoms with E-state index in [2.05, 4.69) is 20.9 Å². The van der Waals surface area contributed by atoms with Gasteiger partial charge in [0.25, 0.3) is 11.5 Å². The first-order valence-electron chi connectivity index (χ1n) is 7.42. The van der Waals surface area contributed by atoms with E-state index >= 15 is 0 Å². The van der Waals surface area contributed by atoms with E-state index in [0.29, 0.717) is 12.0 Å². The second-order valence-corrected chi connectivity index (χ2v) is 6.83. The zero-order chi connectivity index (χ0) is 15.9. The Hall–Kier alpha value is -1.63. The van der Waals surface area contributed by atoms with Crippen LogP contribution in [0, 0.1) is 5.92 Å². The summed E-state index contributed by atoms with van der Waals surface area (Å²) in [5, 5.41) is 9.46. The molecule has 1 aliphatic heterocycles. The smallest absolute Gasteiger partial charge is 0.326 e. The van der Waals surface area contributed by atoms with Crippen LogP contribution < -0.4 is 5.56 Å². The third-order valence-corrected chi connectivity index (χ3v) is 5.30. The van der Waals surface area contributed by atoms with Crippen molar-refractivity contribution in [2.45, 2.75) is 44.2 Å². The van der Waals surface area contributed by atoms with Crippen molar-refractivity contribution >= 4 is 27.8 Å². The van der Waals surface area contributed by atoms with Crippen LogP contribution in [-0.4, -0.2) is 39.0 Å². The molecule has 1 saturated heterocycles. The highest BCUT2D eigenvalue weighted by Crippen LogP contribution is 2.40. The van der Waals surface area contributed by atoms with Gasteiger partial charge in [-0.15, -0.1) is 0 Å². The Kier molecular flexibility index (Phi) is 4.08. The summed E-state index contributed by atoms with van der Waals surface area (Å²) in [6, 6.07) is 0.676. The number of carbonyl (C=O) groups is 2. The molecule has 0 spiro atoms. The molecule has 3 rings (SSSR count). The van der Waals surface area contributed by atoms with Crippen LogP contribution in [0.15, 0.2) is 21.5 Å². The number of carboxylic acid groups (broad SMARTS) is 1. The molecule has 3 atom stereocenters. The van der Waals surface area contributed by atoms with Crippen LogP contribution in [0.5, 0.6) is 0 Å². The lowest BCUT2D eigenvalue weighted by Gasteiger charge is -2.33. The number of nitrogens with one attached hydrogen (secondary N) is 1. The van der Waals surface area contributed by atoms with E-state index in [0.717, 1.165) is 25.7 Å². The lowest BCUT2D eigenvalue weighted by Crippen LogP contribution is -2.46. The average Bonchev–Trinajstić information content (AvgIpc) is 2.89. The van der Waals surface area contributed by atoms with Crippen LogP contribution in [0.4, 0.5) is 0 Å². The number of aromatic nitrogens is 1. The van der Waals surface area contributed by atoms with Crippen molar-refractivity contribution in [1.29, 1.82) is 0 Å². The number of hydrogen-bond acceptors (Lipinski definition) is 3. The summed E-state index contributed by atoms with van der Waals surface area (Å²) in [6.45, 7) is 0. The number of fused-ring (bicyclic) bond motifs is 1. The molecule has 7 heteroatoms. The standard InChI is InChI=1S/C15H17BrN2O4/c16-10-5-9(7-17-13(10)19)14(20)18-11-4-2-1-3-8(11)6-12(18)15(21)22/h5,7-8,11-12H,1-4,6H2,(H,17,19)(H,21,22)/t8-,11-,12-/m0/s1. The molecule has 6 nitrogen and oxygen atoms in total. The molecule has 2 heterocycles. The van der Waals surface area contributed by atoms with Crippen LogP contribution in [0.1, 0.15) is 42.5 Å². The molecule has 0 unspecified atom stereocenters. The third-order valence-electron chi connectivity index (χ3n) is 4.71. The minimum Gasteiger partial charge on any atom is -0.480 e. The van der Waals surface area contributed by atoms with E-state index in [4.69, 9.17) is 0 Å². The number of likely N-dealkylation sites (tertiary alicyclic amines) is 1. The molecule has 2 aliphatic rings. The maximum Gasteiger partial charge on any atom is 0.326 e. The lowest BCUT2D eigenvalue weighted by molar-refractivity contribution is -0.141. The van der Waals surface area contributed by atoms with Gasteiger partial charge in [0.1, 0.15) is 6.04 Å². The van der Waals surface area contributed by atoms with Gasteiger partial charge in [0.05, 0.1) is 10.0 Å². The molecule has 1 aromatic heterocycles. The molecule has 2 fully saturated rings. The van der Waals surface area contributed by atoms with Gasteiger partial charge in [-0.05, 0) is 47.2 Å². The number of carboxylic acids is 1. The number of carbonyl (C=O) groups excluding carboxylic acids is 1. The van der Waals surface area contributed by atoms with Crippen molar-refractivity contribution in [3.63, 3.8) is 0 Å². The summed E-state index contributed by atoms with van der Waals surface area (Å²) in [6.07, 6.45) is 5.82. The Balaban J connectivity index is 1.95. The first-order chi connectivity index (χ1) is 10.5. The average molecular weight is 369 g/mol. The van der Waals surface area contributed by atoms with Gasteiger partial charge >= 0.3 is 5.97 Å². The Labute approximate surface area is 135 Å². The summed E-state index contributed by atoms with van der Waals surface area (Å²) in [4.78, 5) is 39.8. The number of nitrogens with zero attached hydrogens (tertiary/aromatic N) is 1. The van der Waals surface area contributed by atoms with E-state index in [1.54, 1.807) is 0 Å². The first-order valence-corrected chi connectivity index (χ1v) is 8.22. The van der Waals surface area contributed by atoms with E-state index in [1.807, 2.05) is 0 Å². The van der Waals surface area contributed by atoms with E-state index < -0.39 is 12.0 Å². The van der Waals surface area contributed by atoms with Crippen LogP contribution in [0.3, 0.4) is 0 Å². The third kappa shape index (κ3) is 2.58. The van der Waals surface area contributed by atoms with Gasteiger partial charge in [-0.2, -0.15) is 0 Å². The summed E-state index contributed by atoms with van der Waals surface area (Å²) in [5.41, 5.74) is -0.00718. The molecular weight excluding hydrogens is 352 g/mol. The minimum absolute atomic E-state index is 0.00643. The van der Waals surface area contributed by atoms with Crippen LogP contribution in [0.2, 0.25) is 0 Å². The highest BCUT2D eigenvalue weighted by atomic mass is 79.9. The fourth-order valence-electron chi connectivity index (χ4n) is 3.70. The predicted octanol–water partition coefficient (Wildman–Crippen LogP) is 2.00. The molecule has 118 valence electrons. The Morgan fingerprint density at radius 2 is 2.05 bits per heavy atom. The Bertz CT molecular complexity index is 672. The molecule has 0 bridgehead atoms.